The van der Waals surface area contributed by atoms with Crippen molar-refractivity contribution >= 4 is 0 Å². The van der Waals surface area contributed by atoms with Gasteiger partial charge in [-0.05, 0) is 123 Å². The van der Waals surface area contributed by atoms with Crippen LogP contribution in [0.5, 0.6) is 23.5 Å². The van der Waals surface area contributed by atoms with Gasteiger partial charge in [0.1, 0.15) is 13.2 Å². The van der Waals surface area contributed by atoms with E-state index in [2.05, 4.69) is 72.2 Å². The lowest BCUT2D eigenvalue weighted by atomic mass is 9.92. The van der Waals surface area contributed by atoms with Gasteiger partial charge in [-0.3, -0.25) is 9.80 Å². The maximum atomic E-state index is 9.03. The predicted octanol–water partition coefficient (Wildman–Crippen LogP) is 8.19. The predicted molar refractivity (Wildman–Crippen MR) is 208 cm³/mol. The van der Waals surface area contributed by atoms with E-state index in [4.69, 9.17) is 39.4 Å². The van der Waals surface area contributed by atoms with Gasteiger partial charge in [-0.2, -0.15) is 20.5 Å². The first-order valence-electron chi connectivity index (χ1n) is 19.1. The SMILES string of the molecule is COc1nc(OCc2cccc(-c3cccc(COc4ccc(CN5CCC(CC#N)CC5)c(OC)n4)c3C)c2C)ccc1CN1CCC(CC#N)CC1. The lowest BCUT2D eigenvalue weighted by Gasteiger charge is -2.31. The number of hydrogen-bond donors (Lipinski definition) is 0. The number of rotatable bonds is 15. The molecule has 0 spiro atoms. The summed E-state index contributed by atoms with van der Waals surface area (Å²) < 4.78 is 23.8. The average molecular weight is 729 g/mol. The van der Waals surface area contributed by atoms with Gasteiger partial charge in [0.05, 0.1) is 26.4 Å². The first kappa shape index (κ1) is 38.6. The number of nitriles is 2. The Hall–Kier alpha value is -5.16. The molecule has 0 saturated carbocycles. The molecule has 10 heteroatoms. The molecule has 0 aliphatic carbocycles. The molecule has 2 aromatic carbocycles. The number of hydrogen-bond acceptors (Lipinski definition) is 10. The van der Waals surface area contributed by atoms with Gasteiger partial charge in [0.25, 0.3) is 0 Å². The highest BCUT2D eigenvalue weighted by atomic mass is 16.5. The Morgan fingerprint density at radius 2 is 1.00 bits per heavy atom. The second-order valence-electron chi connectivity index (χ2n) is 14.6. The number of nitrogens with zero attached hydrogens (tertiary/aromatic N) is 6. The Labute approximate surface area is 320 Å². The Balaban J connectivity index is 1.07. The molecule has 4 heterocycles. The summed E-state index contributed by atoms with van der Waals surface area (Å²) in [7, 11) is 3.30. The molecule has 0 bridgehead atoms. The van der Waals surface area contributed by atoms with Crippen molar-refractivity contribution in [2.45, 2.75) is 78.7 Å². The van der Waals surface area contributed by atoms with Crippen LogP contribution < -0.4 is 18.9 Å². The molecule has 6 rings (SSSR count). The molecule has 0 amide bonds. The molecule has 2 aromatic heterocycles. The minimum Gasteiger partial charge on any atom is -0.481 e. The maximum Gasteiger partial charge on any atom is 0.220 e. The number of methoxy groups -OCH3 is 2. The molecule has 2 saturated heterocycles. The summed E-state index contributed by atoms with van der Waals surface area (Å²) in [4.78, 5) is 14.2. The van der Waals surface area contributed by atoms with Crippen molar-refractivity contribution in [2.75, 3.05) is 40.4 Å². The largest absolute Gasteiger partial charge is 0.481 e. The van der Waals surface area contributed by atoms with E-state index in [0.717, 1.165) is 109 Å². The highest BCUT2D eigenvalue weighted by Gasteiger charge is 2.22. The van der Waals surface area contributed by atoms with Crippen LogP contribution in [0.2, 0.25) is 0 Å². The summed E-state index contributed by atoms with van der Waals surface area (Å²) in [6.07, 6.45) is 5.49. The Morgan fingerprint density at radius 3 is 1.37 bits per heavy atom. The van der Waals surface area contributed by atoms with Gasteiger partial charge in [0.15, 0.2) is 0 Å². The Morgan fingerprint density at radius 1 is 0.593 bits per heavy atom. The van der Waals surface area contributed by atoms with Crippen LogP contribution in [0.15, 0.2) is 60.7 Å². The Bertz CT molecular complexity index is 1810. The quantitative estimate of drug-likeness (QED) is 0.119. The van der Waals surface area contributed by atoms with E-state index in [0.29, 0.717) is 61.4 Å². The lowest BCUT2D eigenvalue weighted by molar-refractivity contribution is 0.176. The topological polar surface area (TPSA) is 117 Å². The minimum absolute atomic E-state index is 0.381. The van der Waals surface area contributed by atoms with E-state index in [1.54, 1.807) is 14.2 Å². The Kier molecular flexibility index (Phi) is 13.4. The molecular weight excluding hydrogens is 677 g/mol. The molecule has 0 N–H and O–H groups in total. The molecular formula is C44H52N6O4. The van der Waals surface area contributed by atoms with Crippen molar-refractivity contribution in [3.63, 3.8) is 0 Å². The van der Waals surface area contributed by atoms with Gasteiger partial charge < -0.3 is 18.9 Å². The molecule has 0 radical (unpaired) electrons. The number of likely N-dealkylation sites (tertiary alicyclic amines) is 2. The summed E-state index contributed by atoms with van der Waals surface area (Å²) in [6, 6.07) is 25.2. The van der Waals surface area contributed by atoms with Crippen molar-refractivity contribution in [1.82, 2.24) is 19.8 Å². The van der Waals surface area contributed by atoms with Crippen LogP contribution in [0, 0.1) is 48.3 Å². The summed E-state index contributed by atoms with van der Waals surface area (Å²) in [6.45, 7) is 10.5. The van der Waals surface area contributed by atoms with Crippen molar-refractivity contribution in [1.29, 1.82) is 10.5 Å². The second kappa shape index (κ2) is 18.7. The van der Waals surface area contributed by atoms with Crippen LogP contribution in [0.25, 0.3) is 11.1 Å². The average Bonchev–Trinajstić information content (AvgIpc) is 3.19. The smallest absolute Gasteiger partial charge is 0.220 e. The van der Waals surface area contributed by atoms with Crippen molar-refractivity contribution in [3.05, 3.63) is 94.0 Å². The number of pyridine rings is 2. The van der Waals surface area contributed by atoms with Gasteiger partial charge in [-0.25, -0.2) is 0 Å². The van der Waals surface area contributed by atoms with E-state index in [-0.39, 0.29) is 0 Å². The minimum atomic E-state index is 0.381. The van der Waals surface area contributed by atoms with Crippen LogP contribution in [0.1, 0.15) is 71.9 Å². The van der Waals surface area contributed by atoms with Gasteiger partial charge in [0.2, 0.25) is 23.5 Å². The molecule has 4 aromatic rings. The highest BCUT2D eigenvalue weighted by Crippen LogP contribution is 2.32. The number of piperidine rings is 2. The van der Waals surface area contributed by atoms with E-state index in [9.17, 15) is 0 Å². The van der Waals surface area contributed by atoms with Gasteiger partial charge in [-0.15, -0.1) is 0 Å². The number of benzene rings is 2. The standard InChI is InChI=1S/C44H52N6O4/c1-31-37(29-53-41-13-11-35(43(47-41)51-3)27-49-23-17-33(15-21-45)18-24-49)7-5-9-39(31)40-10-6-8-38(32(40)2)30-54-42-14-12-36(44(48-42)52-4)28-50-25-19-34(16-22-46)20-26-50/h5-14,33-34H,15-20,23-30H2,1-4H3. The van der Waals surface area contributed by atoms with Gasteiger partial charge in [-0.1, -0.05) is 36.4 Å². The van der Waals surface area contributed by atoms with Crippen LogP contribution in [0.4, 0.5) is 0 Å². The fraction of sp³-hybridized carbons (Fsp3) is 0.455. The fourth-order valence-corrected chi connectivity index (χ4v) is 7.66. The molecule has 10 nitrogen and oxygen atoms in total. The first-order chi connectivity index (χ1) is 26.4. The van der Waals surface area contributed by atoms with Crippen LogP contribution in [-0.4, -0.2) is 60.2 Å². The third-order valence-corrected chi connectivity index (χ3v) is 11.1. The monoisotopic (exact) mass is 728 g/mol. The summed E-state index contributed by atoms with van der Waals surface area (Å²) in [5.74, 6) is 3.23. The van der Waals surface area contributed by atoms with Crippen LogP contribution in [0.3, 0.4) is 0 Å². The van der Waals surface area contributed by atoms with Crippen molar-refractivity contribution < 1.29 is 18.9 Å². The van der Waals surface area contributed by atoms with E-state index < -0.39 is 0 Å². The lowest BCUT2D eigenvalue weighted by Crippen LogP contribution is -2.33. The number of ether oxygens (including phenoxy) is 4. The zero-order valence-electron chi connectivity index (χ0n) is 32.1. The zero-order valence-corrected chi connectivity index (χ0v) is 32.1. The number of aromatic nitrogens is 2. The highest BCUT2D eigenvalue weighted by molar-refractivity contribution is 5.72. The molecule has 0 atom stereocenters. The summed E-state index contributed by atoms with van der Waals surface area (Å²) in [5, 5.41) is 18.1. The molecule has 2 aliphatic rings. The second-order valence-corrected chi connectivity index (χ2v) is 14.6. The molecule has 54 heavy (non-hydrogen) atoms. The molecule has 282 valence electrons. The molecule has 2 aliphatic heterocycles. The van der Waals surface area contributed by atoms with Crippen molar-refractivity contribution in [3.8, 4) is 46.8 Å². The van der Waals surface area contributed by atoms with Gasteiger partial charge in [0, 0.05) is 49.2 Å². The first-order valence-corrected chi connectivity index (χ1v) is 19.1. The summed E-state index contributed by atoms with van der Waals surface area (Å²) >= 11 is 0. The summed E-state index contributed by atoms with van der Waals surface area (Å²) in [5.41, 5.74) is 8.84. The van der Waals surface area contributed by atoms with E-state index >= 15 is 0 Å². The van der Waals surface area contributed by atoms with Crippen LogP contribution >= 0.6 is 0 Å². The third-order valence-electron chi connectivity index (χ3n) is 11.1. The molecule has 0 unspecified atom stereocenters. The van der Waals surface area contributed by atoms with Crippen LogP contribution in [-0.2, 0) is 26.3 Å². The van der Waals surface area contributed by atoms with Crippen molar-refractivity contribution in [2.24, 2.45) is 11.8 Å². The zero-order chi connectivity index (χ0) is 37.9. The third kappa shape index (κ3) is 9.68. The fourth-order valence-electron chi connectivity index (χ4n) is 7.66. The van der Waals surface area contributed by atoms with Gasteiger partial charge >= 0.3 is 0 Å². The molecule has 2 fully saturated rings. The van der Waals surface area contributed by atoms with E-state index in [1.165, 1.54) is 0 Å². The maximum absolute atomic E-state index is 9.03. The van der Waals surface area contributed by atoms with E-state index in [1.807, 2.05) is 24.3 Å². The normalized spacial score (nSPS) is 15.7.